The highest BCUT2D eigenvalue weighted by Gasteiger charge is 2.21. The highest BCUT2D eigenvalue weighted by atomic mass is 32.1. The first-order valence-corrected chi connectivity index (χ1v) is 9.34. The number of fused-ring (bicyclic) bond motifs is 1. The summed E-state index contributed by atoms with van der Waals surface area (Å²) in [5, 5.41) is 12.9. The van der Waals surface area contributed by atoms with Crippen LogP contribution in [-0.2, 0) is 17.6 Å². The minimum atomic E-state index is -0.212. The second kappa shape index (κ2) is 7.62. The predicted octanol–water partition coefficient (Wildman–Crippen LogP) is 4.41. The number of carbonyl (C=O) groups is 2. The van der Waals surface area contributed by atoms with E-state index in [0.717, 1.165) is 36.8 Å². The normalized spacial score (nSPS) is 13.0. The van der Waals surface area contributed by atoms with Gasteiger partial charge in [-0.2, -0.15) is 5.26 Å². The summed E-state index contributed by atoms with van der Waals surface area (Å²) >= 11 is 1.51. The molecule has 0 atom stereocenters. The first-order chi connectivity index (χ1) is 12.1. The molecular weight excluding hydrogens is 332 g/mol. The number of rotatable bonds is 5. The van der Waals surface area contributed by atoms with E-state index in [-0.39, 0.29) is 24.5 Å². The number of Topliss-reactive ketones (excluding diaryl/α,β-unsaturated/α-hetero) is 1. The Morgan fingerprint density at radius 1 is 1.16 bits per heavy atom. The Morgan fingerprint density at radius 2 is 1.88 bits per heavy atom. The fourth-order valence-electron chi connectivity index (χ4n) is 3.07. The second-order valence-electron chi connectivity index (χ2n) is 6.36. The SMILES string of the molecule is Cc1ccc(C(=O)CCC(=O)Nc2sc3c(c2C#N)CCCC3)cc1. The Hall–Kier alpha value is -2.45. The molecule has 5 heteroatoms. The lowest BCUT2D eigenvalue weighted by molar-refractivity contribution is -0.116. The van der Waals surface area contributed by atoms with E-state index in [1.54, 1.807) is 12.1 Å². The molecular formula is C20H20N2O2S. The molecule has 128 valence electrons. The van der Waals surface area contributed by atoms with Crippen LogP contribution in [0.2, 0.25) is 0 Å². The summed E-state index contributed by atoms with van der Waals surface area (Å²) in [6.45, 7) is 1.97. The summed E-state index contributed by atoms with van der Waals surface area (Å²) < 4.78 is 0. The van der Waals surface area contributed by atoms with Gasteiger partial charge in [0.25, 0.3) is 0 Å². The van der Waals surface area contributed by atoms with E-state index in [4.69, 9.17) is 0 Å². The average molecular weight is 352 g/mol. The van der Waals surface area contributed by atoms with Gasteiger partial charge in [-0.1, -0.05) is 29.8 Å². The smallest absolute Gasteiger partial charge is 0.225 e. The molecule has 1 N–H and O–H groups in total. The number of ketones is 1. The van der Waals surface area contributed by atoms with Crippen molar-refractivity contribution in [3.8, 4) is 6.07 Å². The number of nitrogens with zero attached hydrogens (tertiary/aromatic N) is 1. The van der Waals surface area contributed by atoms with Gasteiger partial charge in [-0.3, -0.25) is 9.59 Å². The van der Waals surface area contributed by atoms with E-state index in [1.165, 1.54) is 16.2 Å². The standard InChI is InChI=1S/C20H20N2O2S/c1-13-6-8-14(9-7-13)17(23)10-11-19(24)22-20-16(12-21)15-4-2-3-5-18(15)25-20/h6-9H,2-5,10-11H2,1H3,(H,22,24). The van der Waals surface area contributed by atoms with Crippen LogP contribution in [0.25, 0.3) is 0 Å². The van der Waals surface area contributed by atoms with E-state index in [0.29, 0.717) is 16.1 Å². The molecule has 0 spiro atoms. The molecule has 1 aromatic heterocycles. The maximum absolute atomic E-state index is 12.2. The number of benzene rings is 1. The molecule has 0 aliphatic heterocycles. The van der Waals surface area contributed by atoms with Crippen LogP contribution in [0.15, 0.2) is 24.3 Å². The van der Waals surface area contributed by atoms with Crippen LogP contribution in [0.3, 0.4) is 0 Å². The van der Waals surface area contributed by atoms with Gasteiger partial charge in [0.05, 0.1) is 5.56 Å². The Kier molecular flexibility index (Phi) is 5.30. The zero-order valence-corrected chi connectivity index (χ0v) is 15.0. The zero-order chi connectivity index (χ0) is 17.8. The van der Waals surface area contributed by atoms with Crippen molar-refractivity contribution in [1.29, 1.82) is 5.26 Å². The van der Waals surface area contributed by atoms with Crippen LogP contribution in [0.5, 0.6) is 0 Å². The van der Waals surface area contributed by atoms with Crippen molar-refractivity contribution < 1.29 is 9.59 Å². The van der Waals surface area contributed by atoms with Crippen molar-refractivity contribution in [2.24, 2.45) is 0 Å². The van der Waals surface area contributed by atoms with Gasteiger partial charge < -0.3 is 5.32 Å². The number of hydrogen-bond acceptors (Lipinski definition) is 4. The third-order valence-corrected chi connectivity index (χ3v) is 5.70. The number of nitriles is 1. The van der Waals surface area contributed by atoms with Crippen molar-refractivity contribution in [2.45, 2.75) is 45.4 Å². The van der Waals surface area contributed by atoms with Crippen LogP contribution >= 0.6 is 11.3 Å². The lowest BCUT2D eigenvalue weighted by atomic mass is 9.96. The fraction of sp³-hybridized carbons (Fsp3) is 0.350. The molecule has 4 nitrogen and oxygen atoms in total. The number of carbonyl (C=O) groups excluding carboxylic acids is 2. The van der Waals surface area contributed by atoms with Crippen LogP contribution in [0.1, 0.15) is 57.6 Å². The minimum Gasteiger partial charge on any atom is -0.317 e. The summed E-state index contributed by atoms with van der Waals surface area (Å²) in [6.07, 6.45) is 4.42. The van der Waals surface area contributed by atoms with Crippen molar-refractivity contribution in [2.75, 3.05) is 5.32 Å². The number of aryl methyl sites for hydroxylation is 2. The number of amides is 1. The lowest BCUT2D eigenvalue weighted by Gasteiger charge is -2.09. The van der Waals surface area contributed by atoms with Gasteiger partial charge >= 0.3 is 0 Å². The van der Waals surface area contributed by atoms with Crippen LogP contribution in [0.4, 0.5) is 5.00 Å². The van der Waals surface area contributed by atoms with Crippen molar-refractivity contribution in [3.05, 3.63) is 51.4 Å². The minimum absolute atomic E-state index is 0.0406. The fourth-order valence-corrected chi connectivity index (χ4v) is 4.33. The van der Waals surface area contributed by atoms with E-state index >= 15 is 0 Å². The summed E-state index contributed by atoms with van der Waals surface area (Å²) in [4.78, 5) is 25.6. The van der Waals surface area contributed by atoms with E-state index in [9.17, 15) is 14.9 Å². The lowest BCUT2D eigenvalue weighted by Crippen LogP contribution is -2.13. The number of thiophene rings is 1. The molecule has 0 saturated heterocycles. The Bertz CT molecular complexity index is 844. The molecule has 0 bridgehead atoms. The molecule has 2 aromatic rings. The largest absolute Gasteiger partial charge is 0.317 e. The molecule has 0 unspecified atom stereocenters. The maximum atomic E-state index is 12.2. The van der Waals surface area contributed by atoms with E-state index < -0.39 is 0 Å². The molecule has 0 fully saturated rings. The summed E-state index contributed by atoms with van der Waals surface area (Å²) in [7, 11) is 0. The quantitative estimate of drug-likeness (QED) is 0.810. The Morgan fingerprint density at radius 3 is 2.60 bits per heavy atom. The van der Waals surface area contributed by atoms with E-state index in [1.807, 2.05) is 19.1 Å². The van der Waals surface area contributed by atoms with Crippen molar-refractivity contribution >= 4 is 28.0 Å². The average Bonchev–Trinajstić information content (AvgIpc) is 2.97. The van der Waals surface area contributed by atoms with Gasteiger partial charge in [-0.05, 0) is 38.2 Å². The van der Waals surface area contributed by atoms with Gasteiger partial charge in [-0.15, -0.1) is 11.3 Å². The van der Waals surface area contributed by atoms with Crippen LogP contribution in [0, 0.1) is 18.3 Å². The first-order valence-electron chi connectivity index (χ1n) is 8.53. The molecule has 1 aromatic carbocycles. The molecule has 1 amide bonds. The predicted molar refractivity (Wildman–Crippen MR) is 99.0 cm³/mol. The van der Waals surface area contributed by atoms with Gasteiger partial charge in [0.15, 0.2) is 5.78 Å². The number of nitrogens with one attached hydrogen (secondary N) is 1. The molecule has 1 aliphatic rings. The Labute approximate surface area is 151 Å². The van der Waals surface area contributed by atoms with Gasteiger partial charge in [0.2, 0.25) is 5.91 Å². The van der Waals surface area contributed by atoms with E-state index in [2.05, 4.69) is 11.4 Å². The molecule has 1 heterocycles. The first kappa shape index (κ1) is 17.4. The van der Waals surface area contributed by atoms with Gasteiger partial charge in [0, 0.05) is 23.3 Å². The Balaban J connectivity index is 1.61. The molecule has 0 radical (unpaired) electrons. The molecule has 1 aliphatic carbocycles. The number of anilines is 1. The monoisotopic (exact) mass is 352 g/mol. The van der Waals surface area contributed by atoms with Gasteiger partial charge in [0.1, 0.15) is 11.1 Å². The summed E-state index contributed by atoms with van der Waals surface area (Å²) in [5.41, 5.74) is 3.44. The maximum Gasteiger partial charge on any atom is 0.225 e. The number of hydrogen-bond donors (Lipinski definition) is 1. The third-order valence-electron chi connectivity index (χ3n) is 4.49. The summed E-state index contributed by atoms with van der Waals surface area (Å²) in [5.74, 6) is -0.253. The highest BCUT2D eigenvalue weighted by Crippen LogP contribution is 2.37. The second-order valence-corrected chi connectivity index (χ2v) is 7.47. The highest BCUT2D eigenvalue weighted by molar-refractivity contribution is 7.16. The zero-order valence-electron chi connectivity index (χ0n) is 14.2. The molecule has 0 saturated carbocycles. The van der Waals surface area contributed by atoms with Crippen LogP contribution in [-0.4, -0.2) is 11.7 Å². The van der Waals surface area contributed by atoms with Gasteiger partial charge in [-0.25, -0.2) is 0 Å². The third kappa shape index (κ3) is 3.97. The molecule has 3 rings (SSSR count). The summed E-state index contributed by atoms with van der Waals surface area (Å²) in [6, 6.07) is 9.59. The topological polar surface area (TPSA) is 70.0 Å². The molecule has 25 heavy (non-hydrogen) atoms. The van der Waals surface area contributed by atoms with Crippen LogP contribution < -0.4 is 5.32 Å². The van der Waals surface area contributed by atoms with Crippen molar-refractivity contribution in [3.63, 3.8) is 0 Å². The van der Waals surface area contributed by atoms with Crippen molar-refractivity contribution in [1.82, 2.24) is 0 Å².